The molecule has 19 heavy (non-hydrogen) atoms. The summed E-state index contributed by atoms with van der Waals surface area (Å²) in [5, 5.41) is 0.932. The third-order valence-electron chi connectivity index (χ3n) is 3.87. The molecule has 5 heteroatoms. The molecule has 1 aromatic heterocycles. The average molecular weight is 282 g/mol. The number of Topliss-reactive ketones (excluding diaryl/α,β-unsaturated/α-hetero) is 1. The Morgan fingerprint density at radius 3 is 2.53 bits per heavy atom. The third-order valence-corrected chi connectivity index (χ3v) is 4.94. The lowest BCUT2D eigenvalue weighted by atomic mass is 9.94. The highest BCUT2D eigenvalue weighted by Gasteiger charge is 2.35. The smallest absolute Gasteiger partial charge is 0.159 e. The van der Waals surface area contributed by atoms with Gasteiger partial charge in [0, 0.05) is 18.0 Å². The number of hydrogen-bond acceptors (Lipinski definition) is 5. The van der Waals surface area contributed by atoms with Crippen LogP contribution in [0, 0.1) is 13.8 Å². The topological polar surface area (TPSA) is 42.4 Å². The highest BCUT2D eigenvalue weighted by atomic mass is 32.1. The minimum Gasteiger partial charge on any atom is -0.379 e. The van der Waals surface area contributed by atoms with Crippen molar-refractivity contribution in [1.82, 2.24) is 9.88 Å². The number of ether oxygens (including phenoxy) is 1. The molecule has 1 aliphatic heterocycles. The number of aromatic nitrogens is 1. The van der Waals surface area contributed by atoms with E-state index in [1.165, 1.54) is 4.88 Å². The normalized spacial score (nSPS) is 17.7. The molecule has 1 saturated heterocycles. The molecule has 1 fully saturated rings. The Hall–Kier alpha value is -0.780. The molecule has 0 radical (unpaired) electrons. The summed E-state index contributed by atoms with van der Waals surface area (Å²) in [6.45, 7) is 11.1. The number of nitrogens with zero attached hydrogens (tertiary/aromatic N) is 2. The Morgan fingerprint density at radius 2 is 2.00 bits per heavy atom. The molecule has 0 unspecified atom stereocenters. The van der Waals surface area contributed by atoms with Gasteiger partial charge in [-0.3, -0.25) is 9.69 Å². The van der Waals surface area contributed by atoms with E-state index >= 15 is 0 Å². The molecule has 0 spiro atoms. The lowest BCUT2D eigenvalue weighted by Gasteiger charge is -2.39. The first-order valence-corrected chi connectivity index (χ1v) is 7.52. The van der Waals surface area contributed by atoms with Gasteiger partial charge in [0.05, 0.1) is 30.9 Å². The third kappa shape index (κ3) is 3.22. The van der Waals surface area contributed by atoms with Gasteiger partial charge in [0.1, 0.15) is 5.01 Å². The van der Waals surface area contributed by atoms with Gasteiger partial charge < -0.3 is 4.74 Å². The summed E-state index contributed by atoms with van der Waals surface area (Å²) >= 11 is 1.63. The lowest BCUT2D eigenvalue weighted by Crippen LogP contribution is -2.54. The van der Waals surface area contributed by atoms with E-state index in [9.17, 15) is 4.79 Å². The first-order chi connectivity index (χ1) is 8.91. The Bertz CT molecular complexity index is 443. The summed E-state index contributed by atoms with van der Waals surface area (Å²) in [5.74, 6) is 0.239. The number of aryl methyl sites for hydroxylation is 2. The lowest BCUT2D eigenvalue weighted by molar-refractivity contribution is -0.131. The van der Waals surface area contributed by atoms with Gasteiger partial charge in [-0.15, -0.1) is 11.3 Å². The number of hydrogen-bond donors (Lipinski definition) is 0. The van der Waals surface area contributed by atoms with Crippen molar-refractivity contribution in [3.63, 3.8) is 0 Å². The average Bonchev–Trinajstić information content (AvgIpc) is 2.69. The van der Waals surface area contributed by atoms with E-state index in [4.69, 9.17) is 4.74 Å². The fourth-order valence-corrected chi connectivity index (χ4v) is 3.20. The highest BCUT2D eigenvalue weighted by Crippen LogP contribution is 2.22. The van der Waals surface area contributed by atoms with Gasteiger partial charge in [-0.1, -0.05) is 0 Å². The van der Waals surface area contributed by atoms with Gasteiger partial charge in [-0.25, -0.2) is 4.98 Å². The fraction of sp³-hybridized carbons (Fsp3) is 0.714. The van der Waals surface area contributed by atoms with Crippen molar-refractivity contribution >= 4 is 17.1 Å². The van der Waals surface area contributed by atoms with E-state index in [1.54, 1.807) is 11.3 Å². The second-order valence-corrected chi connectivity index (χ2v) is 6.80. The predicted molar refractivity (Wildman–Crippen MR) is 76.8 cm³/mol. The van der Waals surface area contributed by atoms with E-state index in [-0.39, 0.29) is 5.78 Å². The quantitative estimate of drug-likeness (QED) is 0.847. The molecule has 1 aromatic rings. The Labute approximate surface area is 118 Å². The molecule has 4 nitrogen and oxygen atoms in total. The largest absolute Gasteiger partial charge is 0.379 e. The zero-order chi connectivity index (χ0) is 14.0. The van der Waals surface area contributed by atoms with E-state index < -0.39 is 5.54 Å². The van der Waals surface area contributed by atoms with Gasteiger partial charge in [0.25, 0.3) is 0 Å². The van der Waals surface area contributed by atoms with Crippen LogP contribution in [0.3, 0.4) is 0 Å². The number of ketones is 1. The van der Waals surface area contributed by atoms with Crippen molar-refractivity contribution in [3.05, 3.63) is 15.6 Å². The van der Waals surface area contributed by atoms with Crippen LogP contribution in [0.5, 0.6) is 0 Å². The standard InChI is InChI=1S/C14H22N2O2S/c1-10-11(2)19-13(15-10)9-12(17)14(3,4)16-5-7-18-8-6-16/h5-9H2,1-4H3. The molecule has 0 atom stereocenters. The maximum Gasteiger partial charge on any atom is 0.159 e. The maximum absolute atomic E-state index is 12.5. The van der Waals surface area contributed by atoms with Crippen LogP contribution >= 0.6 is 11.3 Å². The summed E-state index contributed by atoms with van der Waals surface area (Å²) in [6, 6.07) is 0. The van der Waals surface area contributed by atoms with E-state index in [2.05, 4.69) is 9.88 Å². The van der Waals surface area contributed by atoms with Crippen molar-refractivity contribution < 1.29 is 9.53 Å². The summed E-state index contributed by atoms with van der Waals surface area (Å²) < 4.78 is 5.35. The number of morpholine rings is 1. The molecule has 2 rings (SSSR count). The maximum atomic E-state index is 12.5. The second-order valence-electron chi connectivity index (χ2n) is 5.51. The van der Waals surface area contributed by atoms with E-state index in [0.29, 0.717) is 19.6 Å². The number of carbonyl (C=O) groups excluding carboxylic acids is 1. The molecule has 0 aromatic carbocycles. The van der Waals surface area contributed by atoms with Crippen LogP contribution in [-0.2, 0) is 16.0 Å². The first kappa shape index (κ1) is 14.6. The van der Waals surface area contributed by atoms with Gasteiger partial charge in [-0.2, -0.15) is 0 Å². The number of thiazole rings is 1. The zero-order valence-corrected chi connectivity index (χ0v) is 13.0. The molecule has 0 N–H and O–H groups in total. The van der Waals surface area contributed by atoms with Crippen LogP contribution < -0.4 is 0 Å². The summed E-state index contributed by atoms with van der Waals surface area (Å²) in [4.78, 5) is 20.4. The van der Waals surface area contributed by atoms with Crippen LogP contribution in [0.4, 0.5) is 0 Å². The Balaban J connectivity index is 2.05. The van der Waals surface area contributed by atoms with Gasteiger partial charge in [0.15, 0.2) is 5.78 Å². The minimum atomic E-state index is -0.433. The SMILES string of the molecule is Cc1nc(CC(=O)C(C)(C)N2CCOCC2)sc1C. The van der Waals surface area contributed by atoms with Gasteiger partial charge >= 0.3 is 0 Å². The molecule has 0 saturated carbocycles. The predicted octanol–water partition coefficient (Wildman–Crippen LogP) is 1.98. The van der Waals surface area contributed by atoms with Crippen LogP contribution in [0.2, 0.25) is 0 Å². The Morgan fingerprint density at radius 1 is 1.37 bits per heavy atom. The zero-order valence-electron chi connectivity index (χ0n) is 12.2. The summed E-state index contributed by atoms with van der Waals surface area (Å²) in [7, 11) is 0. The molecule has 1 aliphatic rings. The minimum absolute atomic E-state index is 0.239. The van der Waals surface area contributed by atoms with Gasteiger partial charge in [-0.05, 0) is 27.7 Å². The molecule has 0 bridgehead atoms. The van der Waals surface area contributed by atoms with Crippen LogP contribution in [-0.4, -0.2) is 47.5 Å². The number of rotatable bonds is 4. The van der Waals surface area contributed by atoms with Crippen molar-refractivity contribution in [2.75, 3.05) is 26.3 Å². The van der Waals surface area contributed by atoms with E-state index in [1.807, 2.05) is 27.7 Å². The van der Waals surface area contributed by atoms with Crippen molar-refractivity contribution in [2.45, 2.75) is 39.7 Å². The van der Waals surface area contributed by atoms with Gasteiger partial charge in [0.2, 0.25) is 0 Å². The summed E-state index contributed by atoms with van der Waals surface area (Å²) in [6.07, 6.45) is 0.434. The molecular weight excluding hydrogens is 260 g/mol. The molecule has 2 heterocycles. The van der Waals surface area contributed by atoms with Crippen LogP contribution in [0.1, 0.15) is 29.4 Å². The van der Waals surface area contributed by atoms with Crippen molar-refractivity contribution in [2.24, 2.45) is 0 Å². The van der Waals surface area contributed by atoms with E-state index in [0.717, 1.165) is 23.8 Å². The summed E-state index contributed by atoms with van der Waals surface area (Å²) in [5.41, 5.74) is 0.606. The van der Waals surface area contributed by atoms with Crippen molar-refractivity contribution in [1.29, 1.82) is 0 Å². The highest BCUT2D eigenvalue weighted by molar-refractivity contribution is 7.11. The fourth-order valence-electron chi connectivity index (χ4n) is 2.27. The molecule has 0 aliphatic carbocycles. The molecular formula is C14H22N2O2S. The van der Waals surface area contributed by atoms with Crippen LogP contribution in [0.15, 0.2) is 0 Å². The van der Waals surface area contributed by atoms with Crippen molar-refractivity contribution in [3.8, 4) is 0 Å². The second kappa shape index (κ2) is 5.69. The monoisotopic (exact) mass is 282 g/mol. The van der Waals surface area contributed by atoms with Crippen LogP contribution in [0.25, 0.3) is 0 Å². The molecule has 106 valence electrons. The number of carbonyl (C=O) groups is 1. The first-order valence-electron chi connectivity index (χ1n) is 6.70. The molecule has 0 amide bonds. The Kier molecular flexibility index (Phi) is 4.38.